The molecule has 3 aromatic rings. The van der Waals surface area contributed by atoms with Crippen molar-refractivity contribution in [3.63, 3.8) is 0 Å². The highest BCUT2D eigenvalue weighted by Crippen LogP contribution is 2.39. The predicted molar refractivity (Wildman–Crippen MR) is 156 cm³/mol. The molecule has 6 heteroatoms. The second-order valence-corrected chi connectivity index (χ2v) is 13.0. The first-order chi connectivity index (χ1) is 18.3. The fraction of sp³-hybridized carbons (Fsp3) is 0.485. The summed E-state index contributed by atoms with van der Waals surface area (Å²) in [7, 11) is 1.31. The third-order valence-electron chi connectivity index (χ3n) is 7.88. The van der Waals surface area contributed by atoms with E-state index in [0.29, 0.717) is 11.3 Å². The van der Waals surface area contributed by atoms with Crippen LogP contribution in [0.5, 0.6) is 5.75 Å². The number of carbonyl (C=O) groups is 2. The van der Waals surface area contributed by atoms with E-state index in [1.54, 1.807) is 12.1 Å². The van der Waals surface area contributed by atoms with E-state index in [-0.39, 0.29) is 16.9 Å². The maximum atomic E-state index is 13.5. The third kappa shape index (κ3) is 6.26. The van der Waals surface area contributed by atoms with E-state index in [2.05, 4.69) is 50.4 Å². The van der Waals surface area contributed by atoms with Crippen LogP contribution >= 0.6 is 0 Å². The van der Waals surface area contributed by atoms with E-state index in [9.17, 15) is 14.7 Å². The van der Waals surface area contributed by atoms with Gasteiger partial charge in [-0.15, -0.1) is 0 Å². The number of esters is 1. The van der Waals surface area contributed by atoms with Gasteiger partial charge in [-0.3, -0.25) is 4.79 Å². The number of methoxy groups -OCH3 is 1. The summed E-state index contributed by atoms with van der Waals surface area (Å²) < 4.78 is 4.96. The Morgan fingerprint density at radius 3 is 2.23 bits per heavy atom. The number of fused-ring (bicyclic) bond motifs is 1. The van der Waals surface area contributed by atoms with Crippen LogP contribution in [-0.4, -0.2) is 35.1 Å². The zero-order valence-electron chi connectivity index (χ0n) is 24.4. The first kappa shape index (κ1) is 28.6. The highest BCUT2D eigenvalue weighted by molar-refractivity contribution is 6.05. The van der Waals surface area contributed by atoms with Gasteiger partial charge < -0.3 is 15.2 Å². The van der Waals surface area contributed by atoms with Crippen molar-refractivity contribution in [2.75, 3.05) is 7.11 Å². The molecule has 1 atom stereocenters. The summed E-state index contributed by atoms with van der Waals surface area (Å²) in [6.45, 7) is 12.2. The second kappa shape index (κ2) is 11.0. The molecule has 0 spiro atoms. The number of ether oxygens (including phenoxy) is 1. The highest BCUT2D eigenvalue weighted by atomic mass is 16.5. The molecule has 1 saturated carbocycles. The summed E-state index contributed by atoms with van der Waals surface area (Å²) in [5.41, 5.74) is 3.75. The summed E-state index contributed by atoms with van der Waals surface area (Å²) in [6, 6.07) is 13.0. The van der Waals surface area contributed by atoms with Crippen LogP contribution in [-0.2, 0) is 21.4 Å². The van der Waals surface area contributed by atoms with E-state index in [1.807, 2.05) is 26.8 Å². The monoisotopic (exact) mass is 530 g/mol. The van der Waals surface area contributed by atoms with Crippen molar-refractivity contribution in [3.8, 4) is 16.9 Å². The van der Waals surface area contributed by atoms with Crippen molar-refractivity contribution in [2.24, 2.45) is 11.3 Å². The molecule has 1 aliphatic carbocycles. The second-order valence-electron chi connectivity index (χ2n) is 13.0. The summed E-state index contributed by atoms with van der Waals surface area (Å²) in [6.07, 6.45) is 5.38. The zero-order chi connectivity index (χ0) is 28.5. The van der Waals surface area contributed by atoms with Gasteiger partial charge in [-0.1, -0.05) is 91.5 Å². The Hall–Kier alpha value is -3.41. The maximum Gasteiger partial charge on any atom is 0.328 e. The summed E-state index contributed by atoms with van der Waals surface area (Å²) in [5, 5.41) is 15.3. The minimum Gasteiger partial charge on any atom is -0.507 e. The largest absolute Gasteiger partial charge is 0.507 e. The first-order valence-electron chi connectivity index (χ1n) is 13.9. The number of hydrogen-bond acceptors (Lipinski definition) is 5. The molecule has 39 heavy (non-hydrogen) atoms. The van der Waals surface area contributed by atoms with Crippen LogP contribution in [0.2, 0.25) is 0 Å². The maximum absolute atomic E-state index is 13.5. The van der Waals surface area contributed by atoms with Crippen molar-refractivity contribution < 1.29 is 19.4 Å². The molecule has 1 aromatic heterocycles. The van der Waals surface area contributed by atoms with Gasteiger partial charge in [0, 0.05) is 10.8 Å². The average molecular weight is 531 g/mol. The fourth-order valence-corrected chi connectivity index (χ4v) is 5.53. The molecule has 0 unspecified atom stereocenters. The van der Waals surface area contributed by atoms with Gasteiger partial charge in [-0.2, -0.15) is 0 Å². The summed E-state index contributed by atoms with van der Waals surface area (Å²) in [5.74, 6) is -0.389. The molecular weight excluding hydrogens is 488 g/mol. The fourth-order valence-electron chi connectivity index (χ4n) is 5.53. The Bertz CT molecular complexity index is 1360. The number of benzene rings is 2. The topological polar surface area (TPSA) is 88.5 Å². The highest BCUT2D eigenvalue weighted by Gasteiger charge is 2.34. The molecule has 2 N–H and O–H groups in total. The minimum atomic E-state index is -0.841. The molecule has 1 amide bonds. The Morgan fingerprint density at radius 2 is 1.67 bits per heavy atom. The van der Waals surface area contributed by atoms with Gasteiger partial charge in [0.1, 0.15) is 17.5 Å². The third-order valence-corrected chi connectivity index (χ3v) is 7.88. The molecule has 0 saturated heterocycles. The SMILES string of the molecule is COC(=O)[C@@H](NC(=O)c1cc2c(O)ccc(-c3ccc(C(C)(C)C)cc3)c2c(CC2CCCC2)n1)C(C)(C)C. The average Bonchev–Trinajstić information content (AvgIpc) is 3.39. The van der Waals surface area contributed by atoms with E-state index in [4.69, 9.17) is 9.72 Å². The Labute approximate surface area is 232 Å². The lowest BCUT2D eigenvalue weighted by Gasteiger charge is -2.29. The molecule has 0 bridgehead atoms. The van der Waals surface area contributed by atoms with Crippen LogP contribution in [0.4, 0.5) is 0 Å². The number of amides is 1. The van der Waals surface area contributed by atoms with Gasteiger partial charge in [0.25, 0.3) is 5.91 Å². The molecule has 1 fully saturated rings. The minimum absolute atomic E-state index is 0.0438. The van der Waals surface area contributed by atoms with Crippen LogP contribution < -0.4 is 5.32 Å². The van der Waals surface area contributed by atoms with E-state index in [1.165, 1.54) is 25.5 Å². The number of carbonyl (C=O) groups excluding carboxylic acids is 2. The van der Waals surface area contributed by atoms with Gasteiger partial charge in [-0.25, -0.2) is 9.78 Å². The van der Waals surface area contributed by atoms with Gasteiger partial charge in [0.2, 0.25) is 0 Å². The lowest BCUT2D eigenvalue weighted by molar-refractivity contribution is -0.145. The van der Waals surface area contributed by atoms with Crippen LogP contribution in [0.15, 0.2) is 42.5 Å². The molecule has 0 radical (unpaired) electrons. The van der Waals surface area contributed by atoms with Crippen molar-refractivity contribution in [3.05, 3.63) is 59.4 Å². The number of aromatic hydroxyl groups is 1. The van der Waals surface area contributed by atoms with Crippen LogP contribution in [0.1, 0.15) is 89.0 Å². The number of aromatic nitrogens is 1. The van der Waals surface area contributed by atoms with E-state index in [0.717, 1.165) is 41.5 Å². The number of hydrogen-bond donors (Lipinski definition) is 2. The normalized spacial score (nSPS) is 15.4. The number of nitrogens with one attached hydrogen (secondary N) is 1. The first-order valence-corrected chi connectivity index (χ1v) is 13.9. The van der Waals surface area contributed by atoms with Gasteiger partial charge in [0.05, 0.1) is 12.8 Å². The number of phenolic OH excluding ortho intramolecular Hbond substituents is 1. The Morgan fingerprint density at radius 1 is 1.03 bits per heavy atom. The number of nitrogens with zero attached hydrogens (tertiary/aromatic N) is 1. The molecular formula is C33H42N2O4. The zero-order valence-corrected chi connectivity index (χ0v) is 24.4. The number of phenols is 1. The molecule has 1 aliphatic rings. The van der Waals surface area contributed by atoms with Crippen LogP contribution in [0.3, 0.4) is 0 Å². The van der Waals surface area contributed by atoms with Crippen molar-refractivity contribution in [1.82, 2.24) is 10.3 Å². The summed E-state index contributed by atoms with van der Waals surface area (Å²) >= 11 is 0. The molecule has 4 rings (SSSR count). The number of rotatable bonds is 6. The lowest BCUT2D eigenvalue weighted by Crippen LogP contribution is -2.49. The van der Waals surface area contributed by atoms with Crippen LogP contribution in [0.25, 0.3) is 21.9 Å². The standard InChI is InChI=1S/C33H42N2O4/c1-32(2,3)22-14-12-21(13-15-22)23-16-17-27(36)24-19-26(30(37)35-29(31(38)39-7)33(4,5)6)34-25(28(23)24)18-20-10-8-9-11-20/h12-17,19-20,29,36H,8-11,18H2,1-7H3,(H,35,37)/t29-/m1/s1. The van der Waals surface area contributed by atoms with E-state index < -0.39 is 23.3 Å². The molecule has 6 nitrogen and oxygen atoms in total. The molecule has 1 heterocycles. The molecule has 2 aromatic carbocycles. The van der Waals surface area contributed by atoms with Gasteiger partial charge >= 0.3 is 5.97 Å². The van der Waals surface area contributed by atoms with Gasteiger partial charge in [-0.05, 0) is 58.1 Å². The Kier molecular flexibility index (Phi) is 8.06. The molecule has 208 valence electrons. The van der Waals surface area contributed by atoms with Gasteiger partial charge in [0.15, 0.2) is 0 Å². The van der Waals surface area contributed by atoms with Crippen molar-refractivity contribution in [2.45, 2.75) is 85.1 Å². The van der Waals surface area contributed by atoms with Crippen molar-refractivity contribution in [1.29, 1.82) is 0 Å². The van der Waals surface area contributed by atoms with Crippen LogP contribution in [0, 0.1) is 11.3 Å². The van der Waals surface area contributed by atoms with Crippen molar-refractivity contribution >= 4 is 22.6 Å². The smallest absolute Gasteiger partial charge is 0.328 e. The molecule has 0 aliphatic heterocycles. The predicted octanol–water partition coefficient (Wildman–Crippen LogP) is 6.96. The van der Waals surface area contributed by atoms with E-state index >= 15 is 0 Å². The Balaban J connectivity index is 1.85. The quantitative estimate of drug-likeness (QED) is 0.337. The lowest BCUT2D eigenvalue weighted by atomic mass is 9.85. The summed E-state index contributed by atoms with van der Waals surface area (Å²) in [4.78, 5) is 30.9. The number of pyridine rings is 1.